The summed E-state index contributed by atoms with van der Waals surface area (Å²) in [5, 5.41) is 0. The van der Waals surface area contributed by atoms with Crippen LogP contribution in [0.2, 0.25) is 0 Å². The Morgan fingerprint density at radius 1 is 1.17 bits per heavy atom. The quantitative estimate of drug-likeness (QED) is 0.358. The van der Waals surface area contributed by atoms with E-state index in [2.05, 4.69) is 3.63 Å². The van der Waals surface area contributed by atoms with E-state index < -0.39 is 26.6 Å². The van der Waals surface area contributed by atoms with Crippen molar-refractivity contribution in [2.24, 2.45) is 0 Å². The topological polar surface area (TPSA) is 77.5 Å². The van der Waals surface area contributed by atoms with Gasteiger partial charge in [0.15, 0.2) is 0 Å². The van der Waals surface area contributed by atoms with Gasteiger partial charge >= 0.3 is 34.5 Å². The zero-order chi connectivity index (χ0) is 9.28. The van der Waals surface area contributed by atoms with Crippen molar-refractivity contribution in [3.63, 3.8) is 0 Å². The summed E-state index contributed by atoms with van der Waals surface area (Å²) in [6.45, 7) is 0. The van der Waals surface area contributed by atoms with Crippen LogP contribution in [0.25, 0.3) is 0 Å². The molecule has 0 saturated carbocycles. The molecule has 0 aliphatic carbocycles. The van der Waals surface area contributed by atoms with Gasteiger partial charge in [0.1, 0.15) is 0 Å². The van der Waals surface area contributed by atoms with Gasteiger partial charge in [-0.3, -0.25) is 0 Å². The molecular formula is CH2F3LiO5S2. The predicted octanol–water partition coefficient (Wildman–Crippen LogP) is -1.27. The summed E-state index contributed by atoms with van der Waals surface area (Å²) < 4.78 is 74.5. The fourth-order valence-electron chi connectivity index (χ4n) is 0.122. The SMILES string of the molecule is O=[SH](=O)OS(=O)(=O)C(F)(F)F.[LiH]. The van der Waals surface area contributed by atoms with Gasteiger partial charge in [-0.05, 0) is 0 Å². The maximum atomic E-state index is 11.2. The number of alkyl halides is 3. The molecule has 0 N–H and O–H groups in total. The molecule has 12 heavy (non-hydrogen) atoms. The van der Waals surface area contributed by atoms with Crippen molar-refractivity contribution in [2.75, 3.05) is 0 Å². The van der Waals surface area contributed by atoms with E-state index in [1.807, 2.05) is 0 Å². The van der Waals surface area contributed by atoms with Crippen molar-refractivity contribution in [3.8, 4) is 0 Å². The summed E-state index contributed by atoms with van der Waals surface area (Å²) in [6, 6.07) is 0. The van der Waals surface area contributed by atoms with Crippen LogP contribution in [0.3, 0.4) is 0 Å². The Balaban J connectivity index is 0. The first-order valence-electron chi connectivity index (χ1n) is 1.82. The van der Waals surface area contributed by atoms with Gasteiger partial charge in [0.2, 0.25) is 0 Å². The molecule has 0 aromatic carbocycles. The Hall–Kier alpha value is 0.247. The monoisotopic (exact) mass is 222 g/mol. The first-order chi connectivity index (χ1) is 4.67. The van der Waals surface area contributed by atoms with Crippen molar-refractivity contribution in [2.45, 2.75) is 5.51 Å². The Morgan fingerprint density at radius 3 is 1.58 bits per heavy atom. The molecule has 5 nitrogen and oxygen atoms in total. The number of thiol groups is 1. The Morgan fingerprint density at radius 2 is 1.50 bits per heavy atom. The minimum absolute atomic E-state index is 0. The second-order valence-corrected chi connectivity index (χ2v) is 3.61. The van der Waals surface area contributed by atoms with E-state index in [0.29, 0.717) is 0 Å². The van der Waals surface area contributed by atoms with Gasteiger partial charge < -0.3 is 0 Å². The maximum absolute atomic E-state index is 11.2. The third-order valence-corrected chi connectivity index (χ3v) is 2.28. The molecule has 0 atom stereocenters. The molecule has 0 saturated heterocycles. The first kappa shape index (κ1) is 14.8. The van der Waals surface area contributed by atoms with E-state index in [9.17, 15) is 30.0 Å². The van der Waals surface area contributed by atoms with Crippen LogP contribution >= 0.6 is 0 Å². The average molecular weight is 222 g/mol. The van der Waals surface area contributed by atoms with Gasteiger partial charge in [0.25, 0.3) is 11.0 Å². The molecule has 11 heteroatoms. The number of hydrogen-bond acceptors (Lipinski definition) is 5. The minimum atomic E-state index is -5.99. The normalized spacial score (nSPS) is 12.7. The summed E-state index contributed by atoms with van der Waals surface area (Å²) >= 11 is 0. The third-order valence-electron chi connectivity index (χ3n) is 0.442. The Bertz CT molecular complexity index is 291. The van der Waals surface area contributed by atoms with E-state index in [1.54, 1.807) is 0 Å². The van der Waals surface area contributed by atoms with Crippen LogP contribution in [0.1, 0.15) is 0 Å². The van der Waals surface area contributed by atoms with E-state index in [4.69, 9.17) is 0 Å². The van der Waals surface area contributed by atoms with Crippen LogP contribution in [-0.4, -0.2) is 41.2 Å². The van der Waals surface area contributed by atoms with Crippen molar-refractivity contribution in [1.29, 1.82) is 0 Å². The van der Waals surface area contributed by atoms with Gasteiger partial charge in [-0.25, -0.2) is 8.42 Å². The summed E-state index contributed by atoms with van der Waals surface area (Å²) in [4.78, 5) is 0. The predicted molar refractivity (Wildman–Crippen MR) is 33.5 cm³/mol. The zero-order valence-electron chi connectivity index (χ0n) is 4.53. The number of rotatable bonds is 2. The number of hydrogen-bond donors (Lipinski definition) is 1. The van der Waals surface area contributed by atoms with E-state index in [1.165, 1.54) is 0 Å². The molecule has 0 heterocycles. The Kier molecular flexibility index (Phi) is 5.50. The van der Waals surface area contributed by atoms with Gasteiger partial charge in [-0.15, -0.1) is 3.63 Å². The second-order valence-electron chi connectivity index (χ2n) is 1.20. The van der Waals surface area contributed by atoms with Crippen LogP contribution in [-0.2, 0) is 24.7 Å². The summed E-state index contributed by atoms with van der Waals surface area (Å²) in [7, 11) is -10.1. The number of halogens is 3. The second kappa shape index (κ2) is 4.47. The molecule has 0 spiro atoms. The first-order valence-corrected chi connectivity index (χ1v) is 4.32. The van der Waals surface area contributed by atoms with Gasteiger partial charge in [0.05, 0.1) is 0 Å². The van der Waals surface area contributed by atoms with Crippen molar-refractivity contribution >= 4 is 40.0 Å². The van der Waals surface area contributed by atoms with Crippen LogP contribution in [0.5, 0.6) is 0 Å². The average Bonchev–Trinajstić information content (AvgIpc) is 1.56. The molecule has 0 aromatic heterocycles. The fourth-order valence-corrected chi connectivity index (χ4v) is 1.10. The van der Waals surface area contributed by atoms with Crippen molar-refractivity contribution < 1.29 is 33.6 Å². The summed E-state index contributed by atoms with van der Waals surface area (Å²) in [6.07, 6.45) is 0. The molecule has 0 amide bonds. The van der Waals surface area contributed by atoms with E-state index in [-0.39, 0.29) is 18.9 Å². The standard InChI is InChI=1S/CHF3O5S2.Li.H/c2-1(3,4)11(7,8)9-10(5)6;;/h10H;;. The van der Waals surface area contributed by atoms with Gasteiger partial charge in [0, 0.05) is 0 Å². The van der Waals surface area contributed by atoms with Crippen molar-refractivity contribution in [3.05, 3.63) is 0 Å². The molecular weight excluding hydrogens is 220 g/mol. The zero-order valence-corrected chi connectivity index (χ0v) is 6.24. The third kappa shape index (κ3) is 4.32. The fraction of sp³-hybridized carbons (Fsp3) is 1.00. The Labute approximate surface area is 79.3 Å². The van der Waals surface area contributed by atoms with E-state index >= 15 is 0 Å². The molecule has 0 unspecified atom stereocenters. The van der Waals surface area contributed by atoms with Crippen LogP contribution in [0, 0.1) is 0 Å². The summed E-state index contributed by atoms with van der Waals surface area (Å²) in [5.74, 6) is 0. The van der Waals surface area contributed by atoms with Crippen LogP contribution in [0.15, 0.2) is 0 Å². The molecule has 70 valence electrons. The van der Waals surface area contributed by atoms with Crippen LogP contribution in [0.4, 0.5) is 13.2 Å². The molecule has 0 rings (SSSR count). The molecule has 0 aromatic rings. The summed E-state index contributed by atoms with van der Waals surface area (Å²) in [5.41, 5.74) is -5.71. The molecule has 0 radical (unpaired) electrons. The molecule has 0 fully saturated rings. The van der Waals surface area contributed by atoms with Gasteiger partial charge in [-0.1, -0.05) is 0 Å². The van der Waals surface area contributed by atoms with E-state index in [0.717, 1.165) is 0 Å². The van der Waals surface area contributed by atoms with Crippen LogP contribution < -0.4 is 0 Å². The molecule has 0 bridgehead atoms. The molecule has 0 aliphatic rings. The van der Waals surface area contributed by atoms with Gasteiger partial charge in [-0.2, -0.15) is 21.6 Å². The molecule has 0 aliphatic heterocycles. The van der Waals surface area contributed by atoms with Crippen molar-refractivity contribution in [1.82, 2.24) is 0 Å².